The highest BCUT2D eigenvalue weighted by molar-refractivity contribution is 7.92. The van der Waals surface area contributed by atoms with E-state index in [2.05, 4.69) is 10.3 Å². The fourth-order valence-corrected chi connectivity index (χ4v) is 3.73. The average Bonchev–Trinajstić information content (AvgIpc) is 3.06. The monoisotopic (exact) mass is 314 g/mol. The Balaban J connectivity index is 2.16. The van der Waals surface area contributed by atoms with Gasteiger partial charge in [-0.25, -0.2) is 13.4 Å². The number of nitrogens with one attached hydrogen (secondary N) is 1. The summed E-state index contributed by atoms with van der Waals surface area (Å²) in [5, 5.41) is 3.51. The van der Waals surface area contributed by atoms with Crippen molar-refractivity contribution in [1.82, 2.24) is 10.3 Å². The first kappa shape index (κ1) is 14.7. The van der Waals surface area contributed by atoms with Gasteiger partial charge in [0.15, 0.2) is 20.6 Å². The Kier molecular flexibility index (Phi) is 4.24. The highest BCUT2D eigenvalue weighted by Crippen LogP contribution is 2.25. The van der Waals surface area contributed by atoms with Crippen molar-refractivity contribution in [3.8, 4) is 10.8 Å². The standard InChI is InChI=1S/C12H14N2O4S2/c1-8(11(15)13-2)20(16,17)7-9-6-19-12(14-9)10-4-3-5-18-10/h3-6,8H,7H2,1-2H3,(H,13,15)/t8-/m0/s1. The van der Waals surface area contributed by atoms with Crippen LogP contribution in [0.2, 0.25) is 0 Å². The third-order valence-corrected chi connectivity index (χ3v) is 5.68. The Labute approximate surface area is 120 Å². The zero-order valence-electron chi connectivity index (χ0n) is 11.0. The van der Waals surface area contributed by atoms with Gasteiger partial charge < -0.3 is 9.73 Å². The summed E-state index contributed by atoms with van der Waals surface area (Å²) in [4.78, 5) is 15.6. The molecule has 2 heterocycles. The predicted molar refractivity (Wildman–Crippen MR) is 76.0 cm³/mol. The van der Waals surface area contributed by atoms with Crippen LogP contribution in [0.15, 0.2) is 28.2 Å². The van der Waals surface area contributed by atoms with Crippen LogP contribution in [0.3, 0.4) is 0 Å². The Bertz CT molecular complexity index is 689. The summed E-state index contributed by atoms with van der Waals surface area (Å²) in [6.07, 6.45) is 1.53. The van der Waals surface area contributed by atoms with Crippen molar-refractivity contribution in [1.29, 1.82) is 0 Å². The Morgan fingerprint density at radius 2 is 2.30 bits per heavy atom. The quantitative estimate of drug-likeness (QED) is 0.902. The molecule has 8 heteroatoms. The summed E-state index contributed by atoms with van der Waals surface area (Å²) in [5.74, 6) is -0.191. The molecule has 0 bridgehead atoms. The highest BCUT2D eigenvalue weighted by Gasteiger charge is 2.28. The molecule has 0 aliphatic carbocycles. The molecule has 108 valence electrons. The molecular formula is C12H14N2O4S2. The van der Waals surface area contributed by atoms with E-state index in [1.54, 1.807) is 17.5 Å². The molecule has 1 amide bonds. The Morgan fingerprint density at radius 3 is 2.90 bits per heavy atom. The van der Waals surface area contributed by atoms with E-state index >= 15 is 0 Å². The molecule has 6 nitrogen and oxygen atoms in total. The van der Waals surface area contributed by atoms with Crippen molar-refractivity contribution in [2.24, 2.45) is 0 Å². The maximum atomic E-state index is 12.1. The first-order valence-electron chi connectivity index (χ1n) is 5.85. The predicted octanol–water partition coefficient (Wildman–Crippen LogP) is 1.45. The van der Waals surface area contributed by atoms with Crippen LogP contribution in [0.5, 0.6) is 0 Å². The second-order valence-corrected chi connectivity index (χ2v) is 7.36. The summed E-state index contributed by atoms with van der Waals surface area (Å²) in [6.45, 7) is 1.37. The first-order chi connectivity index (χ1) is 9.44. The number of amides is 1. The molecule has 0 spiro atoms. The van der Waals surface area contributed by atoms with E-state index in [4.69, 9.17) is 4.42 Å². The molecule has 0 aliphatic rings. The van der Waals surface area contributed by atoms with Crippen LogP contribution in [0.1, 0.15) is 12.6 Å². The van der Waals surface area contributed by atoms with E-state index in [9.17, 15) is 13.2 Å². The number of hydrogen-bond acceptors (Lipinski definition) is 6. The molecule has 1 atom stereocenters. The normalized spacial score (nSPS) is 13.1. The Morgan fingerprint density at radius 1 is 1.55 bits per heavy atom. The van der Waals surface area contributed by atoms with Gasteiger partial charge in [-0.05, 0) is 19.1 Å². The topological polar surface area (TPSA) is 89.3 Å². The molecular weight excluding hydrogens is 300 g/mol. The number of nitrogens with zero attached hydrogens (tertiary/aromatic N) is 1. The van der Waals surface area contributed by atoms with E-state index < -0.39 is 21.0 Å². The van der Waals surface area contributed by atoms with Crippen LogP contribution in [-0.4, -0.2) is 31.6 Å². The van der Waals surface area contributed by atoms with Crippen molar-refractivity contribution in [3.05, 3.63) is 29.5 Å². The van der Waals surface area contributed by atoms with Crippen LogP contribution < -0.4 is 5.32 Å². The van der Waals surface area contributed by atoms with Crippen molar-refractivity contribution >= 4 is 27.1 Å². The fraction of sp³-hybridized carbons (Fsp3) is 0.333. The average molecular weight is 314 g/mol. The maximum Gasteiger partial charge on any atom is 0.237 e. The van der Waals surface area contributed by atoms with Crippen molar-refractivity contribution in [2.45, 2.75) is 17.9 Å². The lowest BCUT2D eigenvalue weighted by Gasteiger charge is -2.09. The van der Waals surface area contributed by atoms with E-state index in [1.165, 1.54) is 31.6 Å². The molecule has 0 saturated heterocycles. The van der Waals surface area contributed by atoms with Gasteiger partial charge in [-0.2, -0.15) is 0 Å². The minimum Gasteiger partial charge on any atom is -0.462 e. The summed E-state index contributed by atoms with van der Waals surface area (Å²) >= 11 is 1.30. The molecule has 0 saturated carbocycles. The van der Waals surface area contributed by atoms with E-state index in [0.29, 0.717) is 16.5 Å². The van der Waals surface area contributed by atoms with Gasteiger partial charge in [0, 0.05) is 12.4 Å². The largest absolute Gasteiger partial charge is 0.462 e. The summed E-state index contributed by atoms with van der Waals surface area (Å²) in [7, 11) is -2.17. The number of carbonyl (C=O) groups excluding carboxylic acids is 1. The minimum atomic E-state index is -3.58. The molecule has 2 aromatic heterocycles. The zero-order valence-corrected chi connectivity index (χ0v) is 12.6. The number of aromatic nitrogens is 1. The lowest BCUT2D eigenvalue weighted by molar-refractivity contribution is -0.119. The molecule has 0 unspecified atom stereocenters. The van der Waals surface area contributed by atoms with E-state index in [0.717, 1.165) is 0 Å². The molecule has 1 N–H and O–H groups in total. The van der Waals surface area contributed by atoms with Gasteiger partial charge in [-0.1, -0.05) is 0 Å². The van der Waals surface area contributed by atoms with Gasteiger partial charge in [0.25, 0.3) is 0 Å². The molecule has 0 fully saturated rings. The number of hydrogen-bond donors (Lipinski definition) is 1. The second kappa shape index (κ2) is 5.76. The van der Waals surface area contributed by atoms with Gasteiger partial charge in [0.1, 0.15) is 5.25 Å². The van der Waals surface area contributed by atoms with Gasteiger partial charge >= 0.3 is 0 Å². The maximum absolute atomic E-state index is 12.1. The second-order valence-electron chi connectivity index (χ2n) is 4.18. The first-order valence-corrected chi connectivity index (χ1v) is 8.45. The van der Waals surface area contributed by atoms with Crippen LogP contribution in [-0.2, 0) is 20.4 Å². The molecule has 2 aromatic rings. The number of thiazole rings is 1. The lowest BCUT2D eigenvalue weighted by atomic mass is 10.4. The van der Waals surface area contributed by atoms with Gasteiger partial charge in [0.05, 0.1) is 17.7 Å². The zero-order chi connectivity index (χ0) is 14.8. The molecule has 0 aromatic carbocycles. The van der Waals surface area contributed by atoms with Crippen LogP contribution in [0, 0.1) is 0 Å². The van der Waals surface area contributed by atoms with Crippen LogP contribution in [0.4, 0.5) is 0 Å². The number of carbonyl (C=O) groups is 1. The molecule has 20 heavy (non-hydrogen) atoms. The number of sulfone groups is 1. The molecule has 0 aliphatic heterocycles. The third kappa shape index (κ3) is 3.07. The summed E-state index contributed by atoms with van der Waals surface area (Å²) < 4.78 is 29.4. The van der Waals surface area contributed by atoms with Crippen molar-refractivity contribution < 1.29 is 17.6 Å². The molecule has 0 radical (unpaired) electrons. The van der Waals surface area contributed by atoms with Gasteiger partial charge in [-0.3, -0.25) is 4.79 Å². The molecule has 2 rings (SSSR count). The van der Waals surface area contributed by atoms with Gasteiger partial charge in [-0.15, -0.1) is 11.3 Å². The van der Waals surface area contributed by atoms with Crippen LogP contribution >= 0.6 is 11.3 Å². The number of rotatable bonds is 5. The van der Waals surface area contributed by atoms with E-state index in [-0.39, 0.29) is 5.75 Å². The lowest BCUT2D eigenvalue weighted by Crippen LogP contribution is -2.36. The summed E-state index contributed by atoms with van der Waals surface area (Å²) in [5.41, 5.74) is 0.414. The van der Waals surface area contributed by atoms with Crippen molar-refractivity contribution in [2.75, 3.05) is 7.05 Å². The van der Waals surface area contributed by atoms with Crippen LogP contribution in [0.25, 0.3) is 10.8 Å². The smallest absolute Gasteiger partial charge is 0.237 e. The third-order valence-electron chi connectivity index (χ3n) is 2.79. The van der Waals surface area contributed by atoms with Gasteiger partial charge in [0.2, 0.25) is 5.91 Å². The van der Waals surface area contributed by atoms with Crippen molar-refractivity contribution in [3.63, 3.8) is 0 Å². The fourth-order valence-electron chi connectivity index (χ4n) is 1.58. The number of furan rings is 1. The Hall–Kier alpha value is -1.67. The minimum absolute atomic E-state index is 0.265. The highest BCUT2D eigenvalue weighted by atomic mass is 32.2. The summed E-state index contributed by atoms with van der Waals surface area (Å²) in [6, 6.07) is 3.49. The SMILES string of the molecule is CNC(=O)[C@H](C)S(=O)(=O)Cc1csc(-c2ccco2)n1. The van der Waals surface area contributed by atoms with E-state index in [1.807, 2.05) is 0 Å².